The molecule has 2 heterocycles. The Kier molecular flexibility index (Phi) is 4.89. The number of aryl methyl sites for hydroxylation is 2. The minimum Gasteiger partial charge on any atom is -0.467 e. The van der Waals surface area contributed by atoms with Gasteiger partial charge in [-0.2, -0.15) is 0 Å². The molecule has 26 heavy (non-hydrogen) atoms. The zero-order valence-electron chi connectivity index (χ0n) is 14.5. The average Bonchev–Trinajstić information content (AvgIpc) is 3.00. The lowest BCUT2D eigenvalue weighted by Gasteiger charge is -2.21. The molecule has 5 nitrogen and oxygen atoms in total. The molecule has 0 amide bonds. The van der Waals surface area contributed by atoms with E-state index in [1.807, 2.05) is 31.2 Å². The van der Waals surface area contributed by atoms with E-state index < -0.39 is 0 Å². The van der Waals surface area contributed by atoms with Gasteiger partial charge in [0.1, 0.15) is 11.6 Å². The maximum atomic E-state index is 6.26. The SMILES string of the molecule is Cc1ccccc1-n1c(C)nnc1SCc1cc(Cl)cc2c1OCOC2. The molecule has 0 radical (unpaired) electrons. The van der Waals surface area contributed by atoms with Crippen LogP contribution in [0.1, 0.15) is 22.5 Å². The van der Waals surface area contributed by atoms with Crippen molar-refractivity contribution < 1.29 is 9.47 Å². The average molecular weight is 388 g/mol. The molecule has 7 heteroatoms. The second kappa shape index (κ2) is 7.31. The van der Waals surface area contributed by atoms with E-state index in [-0.39, 0.29) is 6.79 Å². The monoisotopic (exact) mass is 387 g/mol. The van der Waals surface area contributed by atoms with Gasteiger partial charge in [-0.3, -0.25) is 4.57 Å². The number of ether oxygens (including phenoxy) is 2. The van der Waals surface area contributed by atoms with Gasteiger partial charge in [0.2, 0.25) is 0 Å². The van der Waals surface area contributed by atoms with Gasteiger partial charge in [-0.25, -0.2) is 0 Å². The van der Waals surface area contributed by atoms with E-state index in [0.29, 0.717) is 17.4 Å². The van der Waals surface area contributed by atoms with Gasteiger partial charge in [-0.15, -0.1) is 10.2 Å². The van der Waals surface area contributed by atoms with E-state index in [1.165, 1.54) is 5.56 Å². The first-order chi connectivity index (χ1) is 12.6. The molecule has 0 aliphatic carbocycles. The Labute approximate surface area is 161 Å². The van der Waals surface area contributed by atoms with Crippen LogP contribution in [0.25, 0.3) is 5.69 Å². The van der Waals surface area contributed by atoms with Gasteiger partial charge >= 0.3 is 0 Å². The molecule has 0 fully saturated rings. The lowest BCUT2D eigenvalue weighted by Crippen LogP contribution is -2.13. The van der Waals surface area contributed by atoms with Crippen LogP contribution in [0.3, 0.4) is 0 Å². The first kappa shape index (κ1) is 17.4. The topological polar surface area (TPSA) is 49.2 Å². The molecule has 0 unspecified atom stereocenters. The number of para-hydroxylation sites is 1. The zero-order valence-corrected chi connectivity index (χ0v) is 16.1. The highest BCUT2D eigenvalue weighted by Gasteiger charge is 2.18. The Morgan fingerprint density at radius 3 is 2.88 bits per heavy atom. The van der Waals surface area contributed by atoms with E-state index >= 15 is 0 Å². The van der Waals surface area contributed by atoms with Crippen LogP contribution in [0.15, 0.2) is 41.6 Å². The van der Waals surface area contributed by atoms with Crippen molar-refractivity contribution in [3.8, 4) is 11.4 Å². The minimum absolute atomic E-state index is 0.269. The summed E-state index contributed by atoms with van der Waals surface area (Å²) in [4.78, 5) is 0. The number of benzene rings is 2. The summed E-state index contributed by atoms with van der Waals surface area (Å²) in [7, 11) is 0. The predicted octanol–water partition coefficient (Wildman–Crippen LogP) is 4.70. The van der Waals surface area contributed by atoms with E-state index in [4.69, 9.17) is 21.1 Å². The van der Waals surface area contributed by atoms with Crippen LogP contribution in [0, 0.1) is 13.8 Å². The van der Waals surface area contributed by atoms with Gasteiger partial charge in [-0.1, -0.05) is 41.6 Å². The van der Waals surface area contributed by atoms with E-state index in [1.54, 1.807) is 11.8 Å². The highest BCUT2D eigenvalue weighted by Crippen LogP contribution is 2.36. The summed E-state index contributed by atoms with van der Waals surface area (Å²) in [6.45, 7) is 4.84. The molecule has 1 aromatic heterocycles. The van der Waals surface area contributed by atoms with E-state index in [2.05, 4.69) is 33.8 Å². The fourth-order valence-corrected chi connectivity index (χ4v) is 4.25. The van der Waals surface area contributed by atoms with Gasteiger partial charge in [0.05, 0.1) is 12.3 Å². The fraction of sp³-hybridized carbons (Fsp3) is 0.263. The highest BCUT2D eigenvalue weighted by atomic mass is 35.5. The number of hydrogen-bond donors (Lipinski definition) is 0. The second-order valence-corrected chi connectivity index (χ2v) is 7.48. The van der Waals surface area contributed by atoms with Crippen LogP contribution in [-0.4, -0.2) is 21.6 Å². The Bertz CT molecular complexity index is 958. The summed E-state index contributed by atoms with van der Waals surface area (Å²) in [5.41, 5.74) is 4.29. The molecule has 1 aliphatic heterocycles. The molecule has 3 aromatic rings. The smallest absolute Gasteiger partial charge is 0.196 e. The molecule has 0 bridgehead atoms. The van der Waals surface area contributed by atoms with Gasteiger partial charge in [-0.05, 0) is 37.6 Å². The van der Waals surface area contributed by atoms with Gasteiger partial charge < -0.3 is 9.47 Å². The van der Waals surface area contributed by atoms with Crippen LogP contribution in [-0.2, 0) is 17.1 Å². The maximum absolute atomic E-state index is 6.26. The third kappa shape index (κ3) is 3.32. The normalized spacial score (nSPS) is 13.3. The van der Waals surface area contributed by atoms with Crippen LogP contribution in [0.2, 0.25) is 5.02 Å². The van der Waals surface area contributed by atoms with Crippen molar-refractivity contribution in [2.24, 2.45) is 0 Å². The molecule has 4 rings (SSSR count). The molecule has 0 spiro atoms. The highest BCUT2D eigenvalue weighted by molar-refractivity contribution is 7.98. The summed E-state index contributed by atoms with van der Waals surface area (Å²) in [6, 6.07) is 12.1. The summed E-state index contributed by atoms with van der Waals surface area (Å²) in [6.07, 6.45) is 0. The number of nitrogens with zero attached hydrogens (tertiary/aromatic N) is 3. The quantitative estimate of drug-likeness (QED) is 0.607. The number of thioether (sulfide) groups is 1. The lowest BCUT2D eigenvalue weighted by atomic mass is 10.1. The molecule has 1 aliphatic rings. The van der Waals surface area contributed by atoms with Crippen molar-refractivity contribution >= 4 is 23.4 Å². The van der Waals surface area contributed by atoms with Crippen molar-refractivity contribution in [3.63, 3.8) is 0 Å². The van der Waals surface area contributed by atoms with Crippen LogP contribution >= 0.6 is 23.4 Å². The van der Waals surface area contributed by atoms with Crippen molar-refractivity contribution in [2.75, 3.05) is 6.79 Å². The van der Waals surface area contributed by atoms with Crippen molar-refractivity contribution in [1.29, 1.82) is 0 Å². The molecular formula is C19H18ClN3O2S. The van der Waals surface area contributed by atoms with Crippen LogP contribution < -0.4 is 4.74 Å². The molecule has 134 valence electrons. The minimum atomic E-state index is 0.269. The summed E-state index contributed by atoms with van der Waals surface area (Å²) >= 11 is 7.88. The molecule has 0 atom stereocenters. The first-order valence-electron chi connectivity index (χ1n) is 8.26. The predicted molar refractivity (Wildman–Crippen MR) is 102 cm³/mol. The van der Waals surface area contributed by atoms with Crippen molar-refractivity contribution in [3.05, 3.63) is 63.9 Å². The molecule has 0 N–H and O–H groups in total. The maximum Gasteiger partial charge on any atom is 0.196 e. The van der Waals surface area contributed by atoms with E-state index in [0.717, 1.165) is 33.5 Å². The standard InChI is InChI=1S/C19H18ClN3O2S/c1-12-5-3-4-6-17(12)23-13(2)21-22-19(23)26-10-15-8-16(20)7-14-9-24-11-25-18(14)15/h3-8H,9-11H2,1-2H3. The molecule has 0 saturated heterocycles. The van der Waals surface area contributed by atoms with Crippen LogP contribution in [0.4, 0.5) is 0 Å². The Morgan fingerprint density at radius 1 is 1.19 bits per heavy atom. The third-order valence-corrected chi connectivity index (χ3v) is 5.46. The van der Waals surface area contributed by atoms with Gasteiger partial charge in [0.15, 0.2) is 11.9 Å². The van der Waals surface area contributed by atoms with Crippen LogP contribution in [0.5, 0.6) is 5.75 Å². The Morgan fingerprint density at radius 2 is 2.04 bits per heavy atom. The number of halogens is 1. The number of rotatable bonds is 4. The third-order valence-electron chi connectivity index (χ3n) is 4.26. The number of fused-ring (bicyclic) bond motifs is 1. The van der Waals surface area contributed by atoms with E-state index in [9.17, 15) is 0 Å². The Balaban J connectivity index is 1.65. The fourth-order valence-electron chi connectivity index (χ4n) is 3.03. The number of hydrogen-bond acceptors (Lipinski definition) is 5. The van der Waals surface area contributed by atoms with Crippen molar-refractivity contribution in [2.45, 2.75) is 31.4 Å². The summed E-state index contributed by atoms with van der Waals surface area (Å²) in [5, 5.41) is 10.2. The molecule has 2 aromatic carbocycles. The molecule has 0 saturated carbocycles. The van der Waals surface area contributed by atoms with Gasteiger partial charge in [0.25, 0.3) is 0 Å². The lowest BCUT2D eigenvalue weighted by molar-refractivity contribution is -0.0168. The second-order valence-electron chi connectivity index (χ2n) is 6.10. The number of aromatic nitrogens is 3. The van der Waals surface area contributed by atoms with Gasteiger partial charge in [0, 0.05) is 21.9 Å². The summed E-state index contributed by atoms with van der Waals surface area (Å²) < 4.78 is 13.1. The first-order valence-corrected chi connectivity index (χ1v) is 9.62. The van der Waals surface area contributed by atoms with Crippen molar-refractivity contribution in [1.82, 2.24) is 14.8 Å². The Hall–Kier alpha value is -2.02. The molecular weight excluding hydrogens is 370 g/mol. The largest absolute Gasteiger partial charge is 0.467 e. The summed E-state index contributed by atoms with van der Waals surface area (Å²) in [5.74, 6) is 2.42. The zero-order chi connectivity index (χ0) is 18.1.